The van der Waals surface area contributed by atoms with Gasteiger partial charge in [0.15, 0.2) is 5.78 Å². The third-order valence-corrected chi connectivity index (χ3v) is 4.94. The number of ether oxygens (including phenoxy) is 1. The highest BCUT2D eigenvalue weighted by atomic mass is 19.4. The van der Waals surface area contributed by atoms with E-state index < -0.39 is 11.7 Å². The standard InChI is InChI=1S/C23H25F3N2O2/c1-2-30-20-12-10-17(11-13-20)21(29)16-28(22-9-4-3-5-14-27-22)19-8-6-7-18(15-19)23(24,25)26/h6-8,10-13,15H,2-5,9,14,16H2,1H3. The summed E-state index contributed by atoms with van der Waals surface area (Å²) in [6, 6.07) is 11.9. The zero-order chi connectivity index (χ0) is 21.6. The third kappa shape index (κ3) is 5.62. The molecule has 1 heterocycles. The van der Waals surface area contributed by atoms with Crippen molar-refractivity contribution in [2.24, 2.45) is 4.99 Å². The van der Waals surface area contributed by atoms with Gasteiger partial charge in [0, 0.05) is 24.2 Å². The molecule has 0 bridgehead atoms. The van der Waals surface area contributed by atoms with Crippen LogP contribution in [-0.2, 0) is 6.18 Å². The lowest BCUT2D eigenvalue weighted by Crippen LogP contribution is -2.36. The molecule has 0 saturated carbocycles. The van der Waals surface area contributed by atoms with Crippen LogP contribution in [0.1, 0.15) is 48.5 Å². The van der Waals surface area contributed by atoms with Crippen LogP contribution in [0.25, 0.3) is 0 Å². The highest BCUT2D eigenvalue weighted by molar-refractivity contribution is 6.07. The number of benzene rings is 2. The molecule has 0 amide bonds. The van der Waals surface area contributed by atoms with Crippen LogP contribution in [0.15, 0.2) is 53.5 Å². The highest BCUT2D eigenvalue weighted by Gasteiger charge is 2.31. The van der Waals surface area contributed by atoms with Gasteiger partial charge in [0.1, 0.15) is 11.6 Å². The summed E-state index contributed by atoms with van der Waals surface area (Å²) in [4.78, 5) is 19.1. The minimum atomic E-state index is -4.45. The summed E-state index contributed by atoms with van der Waals surface area (Å²) in [7, 11) is 0. The maximum atomic E-state index is 13.2. The van der Waals surface area contributed by atoms with E-state index in [0.29, 0.717) is 42.4 Å². The van der Waals surface area contributed by atoms with Crippen molar-refractivity contribution in [2.75, 3.05) is 24.6 Å². The molecule has 0 atom stereocenters. The van der Waals surface area contributed by atoms with E-state index in [1.807, 2.05) is 6.92 Å². The first-order valence-corrected chi connectivity index (χ1v) is 10.1. The first-order valence-electron chi connectivity index (χ1n) is 10.1. The van der Waals surface area contributed by atoms with Gasteiger partial charge in [-0.15, -0.1) is 0 Å². The van der Waals surface area contributed by atoms with Crippen LogP contribution in [0, 0.1) is 0 Å². The van der Waals surface area contributed by atoms with Crippen LogP contribution in [-0.4, -0.2) is 31.3 Å². The molecular formula is C23H25F3N2O2. The van der Waals surface area contributed by atoms with Gasteiger partial charge in [0.25, 0.3) is 0 Å². The number of rotatable bonds is 6. The van der Waals surface area contributed by atoms with Gasteiger partial charge in [-0.25, -0.2) is 0 Å². The molecule has 0 aliphatic carbocycles. The Hall–Kier alpha value is -2.83. The molecule has 0 spiro atoms. The highest BCUT2D eigenvalue weighted by Crippen LogP contribution is 2.32. The van der Waals surface area contributed by atoms with Gasteiger partial charge in [-0.1, -0.05) is 12.5 Å². The second-order valence-electron chi connectivity index (χ2n) is 7.12. The van der Waals surface area contributed by atoms with E-state index in [0.717, 1.165) is 31.4 Å². The fraction of sp³-hybridized carbons (Fsp3) is 0.391. The number of anilines is 1. The average Bonchev–Trinajstić information content (AvgIpc) is 3.01. The fourth-order valence-electron chi connectivity index (χ4n) is 3.40. The van der Waals surface area contributed by atoms with E-state index in [1.165, 1.54) is 6.07 Å². The largest absolute Gasteiger partial charge is 0.494 e. The topological polar surface area (TPSA) is 41.9 Å². The van der Waals surface area contributed by atoms with Gasteiger partial charge in [-0.05, 0) is 62.2 Å². The number of halogens is 3. The number of Topliss-reactive ketones (excluding diaryl/α,β-unsaturated/α-hetero) is 1. The van der Waals surface area contributed by atoms with E-state index in [-0.39, 0.29) is 12.3 Å². The number of carbonyl (C=O) groups is 1. The summed E-state index contributed by atoms with van der Waals surface area (Å²) < 4.78 is 45.1. The Balaban J connectivity index is 1.90. The van der Waals surface area contributed by atoms with E-state index in [9.17, 15) is 18.0 Å². The Morgan fingerprint density at radius 1 is 1.10 bits per heavy atom. The normalized spacial score (nSPS) is 14.6. The number of hydrogen-bond acceptors (Lipinski definition) is 4. The summed E-state index contributed by atoms with van der Waals surface area (Å²) in [6.07, 6.45) is -0.979. The smallest absolute Gasteiger partial charge is 0.416 e. The van der Waals surface area contributed by atoms with Crippen molar-refractivity contribution in [1.82, 2.24) is 0 Å². The van der Waals surface area contributed by atoms with Crippen LogP contribution in [0.4, 0.5) is 18.9 Å². The Morgan fingerprint density at radius 2 is 1.87 bits per heavy atom. The van der Waals surface area contributed by atoms with E-state index in [1.54, 1.807) is 35.2 Å². The van der Waals surface area contributed by atoms with Crippen LogP contribution >= 0.6 is 0 Å². The molecule has 0 radical (unpaired) electrons. The zero-order valence-electron chi connectivity index (χ0n) is 16.9. The van der Waals surface area contributed by atoms with E-state index in [4.69, 9.17) is 4.74 Å². The maximum absolute atomic E-state index is 13.2. The molecule has 2 aromatic carbocycles. The number of aliphatic imine (C=N–C) groups is 1. The van der Waals surface area contributed by atoms with Gasteiger partial charge in [0.2, 0.25) is 0 Å². The molecule has 0 N–H and O–H groups in total. The van der Waals surface area contributed by atoms with E-state index in [2.05, 4.69) is 4.99 Å². The quantitative estimate of drug-likeness (QED) is 0.560. The molecule has 7 heteroatoms. The summed E-state index contributed by atoms with van der Waals surface area (Å²) in [5, 5.41) is 0. The van der Waals surface area contributed by atoms with Gasteiger partial charge in [-0.3, -0.25) is 9.79 Å². The van der Waals surface area contributed by atoms with Gasteiger partial charge in [0.05, 0.1) is 18.7 Å². The summed E-state index contributed by atoms with van der Waals surface area (Å²) in [6.45, 7) is 2.94. The molecule has 0 aromatic heterocycles. The van der Waals surface area contributed by atoms with Crippen molar-refractivity contribution < 1.29 is 22.7 Å². The summed E-state index contributed by atoms with van der Waals surface area (Å²) in [5.41, 5.74) is 0.0575. The Bertz CT molecular complexity index is 892. The second kappa shape index (κ2) is 9.78. The van der Waals surface area contributed by atoms with Crippen LogP contribution in [0.3, 0.4) is 0 Å². The molecule has 30 heavy (non-hydrogen) atoms. The minimum Gasteiger partial charge on any atom is -0.494 e. The zero-order valence-corrected chi connectivity index (χ0v) is 16.9. The van der Waals surface area contributed by atoms with Crippen molar-refractivity contribution >= 4 is 17.3 Å². The van der Waals surface area contributed by atoms with Gasteiger partial charge >= 0.3 is 6.18 Å². The lowest BCUT2D eigenvalue weighted by molar-refractivity contribution is -0.137. The Kier molecular flexibility index (Phi) is 7.13. The number of hydrogen-bond donors (Lipinski definition) is 0. The van der Waals surface area contributed by atoms with Crippen molar-refractivity contribution in [2.45, 2.75) is 38.8 Å². The Morgan fingerprint density at radius 3 is 2.57 bits per heavy atom. The number of carbonyl (C=O) groups excluding carboxylic acids is 1. The molecule has 1 aliphatic rings. The molecule has 2 aromatic rings. The van der Waals surface area contributed by atoms with Crippen molar-refractivity contribution in [3.05, 3.63) is 59.7 Å². The maximum Gasteiger partial charge on any atom is 0.416 e. The van der Waals surface area contributed by atoms with Crippen LogP contribution in [0.2, 0.25) is 0 Å². The average molecular weight is 418 g/mol. The first kappa shape index (κ1) is 21.9. The summed E-state index contributed by atoms with van der Waals surface area (Å²) in [5.74, 6) is 1.13. The molecular weight excluding hydrogens is 393 g/mol. The predicted molar refractivity (Wildman–Crippen MR) is 112 cm³/mol. The summed E-state index contributed by atoms with van der Waals surface area (Å²) >= 11 is 0. The van der Waals surface area contributed by atoms with Gasteiger partial charge < -0.3 is 9.64 Å². The SMILES string of the molecule is CCOc1ccc(C(=O)CN(C2=NCCCCC2)c2cccc(C(F)(F)F)c2)cc1. The number of amidine groups is 1. The number of ketones is 1. The Labute approximate surface area is 174 Å². The second-order valence-corrected chi connectivity index (χ2v) is 7.12. The molecule has 0 saturated heterocycles. The van der Waals surface area contributed by atoms with Crippen molar-refractivity contribution in [1.29, 1.82) is 0 Å². The molecule has 4 nitrogen and oxygen atoms in total. The van der Waals surface area contributed by atoms with Crippen molar-refractivity contribution in [3.63, 3.8) is 0 Å². The molecule has 3 rings (SSSR count). The lowest BCUT2D eigenvalue weighted by atomic mass is 10.1. The monoisotopic (exact) mass is 418 g/mol. The molecule has 0 fully saturated rings. The van der Waals surface area contributed by atoms with Gasteiger partial charge in [-0.2, -0.15) is 13.2 Å². The first-order chi connectivity index (χ1) is 14.4. The predicted octanol–water partition coefficient (Wildman–Crippen LogP) is 5.77. The van der Waals surface area contributed by atoms with E-state index >= 15 is 0 Å². The number of nitrogens with zero attached hydrogens (tertiary/aromatic N) is 2. The molecule has 0 unspecified atom stereocenters. The van der Waals surface area contributed by atoms with Crippen LogP contribution < -0.4 is 9.64 Å². The minimum absolute atomic E-state index is 0.0753. The molecule has 1 aliphatic heterocycles. The third-order valence-electron chi connectivity index (χ3n) is 4.94. The lowest BCUT2D eigenvalue weighted by Gasteiger charge is -2.26. The van der Waals surface area contributed by atoms with Crippen molar-refractivity contribution in [3.8, 4) is 5.75 Å². The fourth-order valence-corrected chi connectivity index (χ4v) is 3.40. The molecule has 160 valence electrons. The van der Waals surface area contributed by atoms with Crippen LogP contribution in [0.5, 0.6) is 5.75 Å². The number of alkyl halides is 3.